The SMILES string of the molecule is [C-]#[N+]C1=C(N2CCCC2)CC(C)(C)C/C1=C(\C(=O)OCC(COC(=O)/C(C(=S)SC)=C1\CC(C)(C)CC(N2CCCC2)=C1C#N)COC(=O)/C(C(=S)SC)=C1\CC(C)(C)CC(N2CCCC2)=C1C#N)C(=S)SC. The smallest absolute Gasteiger partial charge is 0.340 e. The minimum Gasteiger partial charge on any atom is -0.462 e. The van der Waals surface area contributed by atoms with Gasteiger partial charge in [0.25, 0.3) is 0 Å². The van der Waals surface area contributed by atoms with Gasteiger partial charge in [0.1, 0.15) is 32.0 Å². The fourth-order valence-electron chi connectivity index (χ4n) is 11.1. The van der Waals surface area contributed by atoms with Crippen LogP contribution in [0.15, 0.2) is 67.4 Å². The van der Waals surface area contributed by atoms with E-state index in [0.717, 1.165) is 94.9 Å². The number of hydrogen-bond donors (Lipinski definition) is 0. The van der Waals surface area contributed by atoms with Crippen LogP contribution in [0.3, 0.4) is 0 Å². The van der Waals surface area contributed by atoms with Crippen LogP contribution in [0.1, 0.15) is 119 Å². The zero-order valence-electron chi connectivity index (χ0n) is 44.0. The number of hydrogen-bond acceptors (Lipinski definition) is 17. The molecule has 6 rings (SSSR count). The van der Waals surface area contributed by atoms with Gasteiger partial charge in [0, 0.05) is 56.4 Å². The molecule has 3 aliphatic heterocycles. The number of likely N-dealkylation sites (tertiary alicyclic amines) is 3. The van der Waals surface area contributed by atoms with Gasteiger partial charge in [-0.1, -0.05) is 78.2 Å². The minimum atomic E-state index is -0.921. The summed E-state index contributed by atoms with van der Waals surface area (Å²) in [5.41, 5.74) is 5.23. The minimum absolute atomic E-state index is 0.141. The fraction of sp³-hybridized carbons (Fsp3) is 0.618. The quantitative estimate of drug-likeness (QED) is 0.0504. The lowest BCUT2D eigenvalue weighted by Gasteiger charge is -2.38. The van der Waals surface area contributed by atoms with Crippen LogP contribution in [-0.4, -0.2) is 123 Å². The highest BCUT2D eigenvalue weighted by molar-refractivity contribution is 8.24. The van der Waals surface area contributed by atoms with Gasteiger partial charge in [-0.15, -0.1) is 35.3 Å². The van der Waals surface area contributed by atoms with E-state index < -0.39 is 23.8 Å². The number of carbonyl (C=O) groups excluding carboxylic acids is 3. The predicted octanol–water partition coefficient (Wildman–Crippen LogP) is 11.6. The summed E-state index contributed by atoms with van der Waals surface area (Å²) in [6.07, 6.45) is 14.8. The Labute approximate surface area is 462 Å². The Balaban J connectivity index is 1.39. The Bertz CT molecular complexity index is 2320. The Kier molecular flexibility index (Phi) is 20.2. The number of nitrogens with zero attached hydrogens (tertiary/aromatic N) is 6. The van der Waals surface area contributed by atoms with Crippen molar-refractivity contribution in [1.82, 2.24) is 14.7 Å². The van der Waals surface area contributed by atoms with E-state index in [4.69, 9.17) is 57.4 Å². The maximum Gasteiger partial charge on any atom is 0.340 e. The van der Waals surface area contributed by atoms with Crippen LogP contribution in [0.4, 0.5) is 0 Å². The van der Waals surface area contributed by atoms with Gasteiger partial charge in [0.05, 0.1) is 52.9 Å². The molecule has 0 N–H and O–H groups in total. The molecule has 3 saturated heterocycles. The zero-order valence-corrected chi connectivity index (χ0v) is 48.9. The number of thiocarbonyl (C=S) groups is 3. The van der Waals surface area contributed by atoms with E-state index >= 15 is 0 Å². The van der Waals surface area contributed by atoms with Crippen molar-refractivity contribution in [2.24, 2.45) is 22.2 Å². The Hall–Kier alpha value is -3.96. The van der Waals surface area contributed by atoms with E-state index in [1.54, 1.807) is 18.8 Å². The maximum atomic E-state index is 14.7. The number of allylic oxidation sites excluding steroid dienone is 8. The van der Waals surface area contributed by atoms with Crippen molar-refractivity contribution in [3.8, 4) is 12.1 Å². The first-order chi connectivity index (χ1) is 34.6. The summed E-state index contributed by atoms with van der Waals surface area (Å²) in [5.74, 6) is -3.14. The van der Waals surface area contributed by atoms with Crippen LogP contribution >= 0.6 is 71.9 Å². The first kappa shape index (κ1) is 58.3. The molecule has 6 aliphatic rings. The monoisotopic (exact) mass is 1100 g/mol. The molecule has 0 saturated carbocycles. The molecule has 12 nitrogen and oxygen atoms in total. The van der Waals surface area contributed by atoms with Gasteiger partial charge in [-0.3, -0.25) is 0 Å². The molecule has 392 valence electrons. The van der Waals surface area contributed by atoms with Gasteiger partial charge in [-0.05, 0) is 129 Å². The number of carbonyl (C=O) groups is 3. The summed E-state index contributed by atoms with van der Waals surface area (Å²) in [6, 6.07) is 4.87. The normalized spacial score (nSPS) is 22.6. The number of nitriles is 2. The summed E-state index contributed by atoms with van der Waals surface area (Å²) in [5, 5.41) is 21.4. The largest absolute Gasteiger partial charge is 0.462 e. The first-order valence-electron chi connectivity index (χ1n) is 25.2. The zero-order chi connectivity index (χ0) is 53.4. The molecule has 73 heavy (non-hydrogen) atoms. The molecular weight excluding hydrogens is 1030 g/mol. The molecule has 0 unspecified atom stereocenters. The third kappa shape index (κ3) is 13.9. The standard InChI is InChI=1S/C55H70N6O6S6/c1-53(2)23-35(38(29-56)40(26-53)59-17-11-12-18-59)43(50(68)71-8)47(62)65-31-34(32-66-48(63)44(51(69)72-9)36-24-54(3,4)27-41(39(36)30-57)60-19-13-14-20-60)33-67-49(64)45(52(70)73-10)37-25-55(5,6)28-42(46(37)58-7)61-21-15-16-22-61/h34H,11-28,31-33H2,1-6,8-10H3/b43-35-,44-36-,45-37-. The van der Waals surface area contributed by atoms with Gasteiger partial charge in [0.15, 0.2) is 0 Å². The predicted molar refractivity (Wildman–Crippen MR) is 306 cm³/mol. The molecule has 0 aromatic carbocycles. The molecule has 0 atom stereocenters. The Morgan fingerprint density at radius 2 is 0.836 bits per heavy atom. The molecule has 0 radical (unpaired) electrons. The second-order valence-corrected chi connectivity index (χ2v) is 26.6. The first-order valence-corrected chi connectivity index (χ1v) is 30.1. The van der Waals surface area contributed by atoms with E-state index in [-0.39, 0.29) is 65.4 Å². The molecule has 3 heterocycles. The van der Waals surface area contributed by atoms with Crippen molar-refractivity contribution in [3.05, 3.63) is 78.8 Å². The van der Waals surface area contributed by atoms with Crippen molar-refractivity contribution in [2.75, 3.05) is 77.9 Å². The highest BCUT2D eigenvalue weighted by Gasteiger charge is 2.41. The van der Waals surface area contributed by atoms with E-state index in [0.29, 0.717) is 72.1 Å². The van der Waals surface area contributed by atoms with Gasteiger partial charge in [0.2, 0.25) is 5.70 Å². The Morgan fingerprint density at radius 1 is 0.548 bits per heavy atom. The topological polar surface area (TPSA) is 141 Å². The van der Waals surface area contributed by atoms with Crippen molar-refractivity contribution in [1.29, 1.82) is 10.5 Å². The van der Waals surface area contributed by atoms with Crippen LogP contribution < -0.4 is 0 Å². The summed E-state index contributed by atoms with van der Waals surface area (Å²) in [4.78, 5) is 54.8. The maximum absolute atomic E-state index is 14.7. The number of thioether (sulfide) groups is 3. The lowest BCUT2D eigenvalue weighted by molar-refractivity contribution is -0.147. The summed E-state index contributed by atoms with van der Waals surface area (Å²) in [6.45, 7) is 25.0. The van der Waals surface area contributed by atoms with E-state index in [1.165, 1.54) is 35.3 Å². The van der Waals surface area contributed by atoms with E-state index in [1.807, 2.05) is 0 Å². The second kappa shape index (κ2) is 25.3. The van der Waals surface area contributed by atoms with Crippen LogP contribution in [0.2, 0.25) is 0 Å². The van der Waals surface area contributed by atoms with Crippen LogP contribution in [0.5, 0.6) is 0 Å². The van der Waals surface area contributed by atoms with Crippen molar-refractivity contribution in [3.63, 3.8) is 0 Å². The number of ether oxygens (including phenoxy) is 3. The third-order valence-corrected chi connectivity index (χ3v) is 18.3. The highest BCUT2D eigenvalue weighted by atomic mass is 32.2. The van der Waals surface area contributed by atoms with Crippen LogP contribution in [-0.2, 0) is 28.6 Å². The van der Waals surface area contributed by atoms with Gasteiger partial charge in [-0.25, -0.2) is 19.2 Å². The van der Waals surface area contributed by atoms with E-state index in [2.05, 4.69) is 73.2 Å². The average molecular weight is 1100 g/mol. The molecule has 0 spiro atoms. The number of esters is 3. The second-order valence-electron chi connectivity index (χ2n) is 22.1. The molecular formula is C55H70N6O6S6. The van der Waals surface area contributed by atoms with Crippen molar-refractivity contribution >= 4 is 102 Å². The van der Waals surface area contributed by atoms with Crippen LogP contribution in [0, 0.1) is 51.4 Å². The molecule has 3 aliphatic carbocycles. The number of rotatable bonds is 15. The molecule has 3 fully saturated rings. The molecule has 0 aromatic heterocycles. The van der Waals surface area contributed by atoms with Crippen molar-refractivity contribution < 1.29 is 28.6 Å². The van der Waals surface area contributed by atoms with E-state index in [9.17, 15) is 24.9 Å². The molecule has 0 aromatic rings. The molecule has 18 heteroatoms. The lowest BCUT2D eigenvalue weighted by atomic mass is 9.72. The van der Waals surface area contributed by atoms with Crippen LogP contribution in [0.25, 0.3) is 4.85 Å². The molecule has 0 bridgehead atoms. The summed E-state index contributed by atoms with van der Waals surface area (Å²) in [7, 11) is 0. The van der Waals surface area contributed by atoms with Gasteiger partial charge in [-0.2, -0.15) is 10.5 Å². The summed E-state index contributed by atoms with van der Waals surface area (Å²) >= 11 is 21.3. The van der Waals surface area contributed by atoms with Crippen molar-refractivity contribution in [2.45, 2.75) is 119 Å². The van der Waals surface area contributed by atoms with Gasteiger partial charge < -0.3 is 28.9 Å². The van der Waals surface area contributed by atoms with Gasteiger partial charge >= 0.3 is 17.9 Å². The summed E-state index contributed by atoms with van der Waals surface area (Å²) < 4.78 is 19.3. The third-order valence-electron chi connectivity index (χ3n) is 14.5. The average Bonchev–Trinajstić information content (AvgIpc) is 4.19. The highest BCUT2D eigenvalue weighted by Crippen LogP contribution is 2.49. The molecule has 0 amide bonds. The lowest BCUT2D eigenvalue weighted by Crippen LogP contribution is -2.33. The Morgan fingerprint density at radius 3 is 1.14 bits per heavy atom. The fourth-order valence-corrected chi connectivity index (χ4v) is 12.9.